The van der Waals surface area contributed by atoms with Gasteiger partial charge in [0.25, 0.3) is 0 Å². The molecule has 1 atom stereocenters. The summed E-state index contributed by atoms with van der Waals surface area (Å²) in [5.41, 5.74) is 7.04. The maximum Gasteiger partial charge on any atom is 0.123 e. The van der Waals surface area contributed by atoms with Crippen LogP contribution in [0.3, 0.4) is 0 Å². The summed E-state index contributed by atoms with van der Waals surface area (Å²) in [6.45, 7) is 0. The topological polar surface area (TPSA) is 44.5 Å². The molecule has 4 heteroatoms. The molecule has 15 heavy (non-hydrogen) atoms. The van der Waals surface area contributed by atoms with Gasteiger partial charge in [-0.3, -0.25) is 0 Å². The summed E-state index contributed by atoms with van der Waals surface area (Å²) >= 11 is 1.72. The van der Waals surface area contributed by atoms with Crippen LogP contribution in [0.4, 0.5) is 0 Å². The molecule has 1 aromatic rings. The summed E-state index contributed by atoms with van der Waals surface area (Å²) in [6, 6.07) is 5.66. The zero-order valence-corrected chi connectivity index (χ0v) is 10.1. The fraction of sp³-hybridized carbons (Fsp3) is 0.455. The fourth-order valence-electron chi connectivity index (χ4n) is 1.40. The van der Waals surface area contributed by atoms with Crippen LogP contribution in [0, 0.1) is 0 Å². The molecular weight excluding hydrogens is 210 g/mol. The molecule has 84 valence electrons. The summed E-state index contributed by atoms with van der Waals surface area (Å²) in [4.78, 5) is 0. The molecule has 0 aliphatic rings. The van der Waals surface area contributed by atoms with Gasteiger partial charge in [-0.1, -0.05) is 0 Å². The van der Waals surface area contributed by atoms with Crippen LogP contribution in [0.5, 0.6) is 11.5 Å². The Kier molecular flexibility index (Phi) is 4.78. The third-order valence-electron chi connectivity index (χ3n) is 2.18. The van der Waals surface area contributed by atoms with Gasteiger partial charge in [0.2, 0.25) is 0 Å². The van der Waals surface area contributed by atoms with Gasteiger partial charge in [0.15, 0.2) is 0 Å². The van der Waals surface area contributed by atoms with E-state index in [9.17, 15) is 0 Å². The van der Waals surface area contributed by atoms with Crippen LogP contribution in [0.15, 0.2) is 18.2 Å². The monoisotopic (exact) mass is 227 g/mol. The number of benzene rings is 1. The van der Waals surface area contributed by atoms with Crippen molar-refractivity contribution in [2.75, 3.05) is 26.2 Å². The first kappa shape index (κ1) is 12.2. The first-order valence-corrected chi connectivity index (χ1v) is 6.08. The van der Waals surface area contributed by atoms with Gasteiger partial charge in [-0.05, 0) is 24.5 Å². The first-order valence-electron chi connectivity index (χ1n) is 4.69. The maximum absolute atomic E-state index is 6.05. The molecule has 0 heterocycles. The number of hydrogen-bond acceptors (Lipinski definition) is 4. The summed E-state index contributed by atoms with van der Waals surface area (Å²) in [6.07, 6.45) is 2.03. The Balaban J connectivity index is 3.00. The Morgan fingerprint density at radius 3 is 2.60 bits per heavy atom. The van der Waals surface area contributed by atoms with Crippen molar-refractivity contribution >= 4 is 11.8 Å². The normalized spacial score (nSPS) is 12.3. The zero-order chi connectivity index (χ0) is 11.3. The quantitative estimate of drug-likeness (QED) is 0.836. The van der Waals surface area contributed by atoms with Crippen LogP contribution < -0.4 is 15.2 Å². The largest absolute Gasteiger partial charge is 0.497 e. The molecule has 0 aromatic heterocycles. The molecule has 0 aliphatic heterocycles. The maximum atomic E-state index is 6.05. The number of nitrogens with two attached hydrogens (primary N) is 1. The van der Waals surface area contributed by atoms with Gasteiger partial charge in [-0.25, -0.2) is 0 Å². The lowest BCUT2D eigenvalue weighted by molar-refractivity contribution is 0.396. The lowest BCUT2D eigenvalue weighted by atomic mass is 10.1. The van der Waals surface area contributed by atoms with Crippen molar-refractivity contribution < 1.29 is 9.47 Å². The summed E-state index contributed by atoms with van der Waals surface area (Å²) in [5.74, 6) is 2.49. The molecule has 0 aliphatic carbocycles. The molecule has 0 bridgehead atoms. The molecule has 2 N–H and O–H groups in total. The van der Waals surface area contributed by atoms with Crippen LogP contribution in [0.1, 0.15) is 11.6 Å². The van der Waals surface area contributed by atoms with Gasteiger partial charge in [-0.2, -0.15) is 11.8 Å². The Morgan fingerprint density at radius 1 is 1.33 bits per heavy atom. The molecule has 1 unspecified atom stereocenters. The number of hydrogen-bond donors (Lipinski definition) is 1. The molecule has 0 saturated heterocycles. The van der Waals surface area contributed by atoms with Crippen LogP contribution >= 0.6 is 11.8 Å². The van der Waals surface area contributed by atoms with Crippen molar-refractivity contribution in [1.82, 2.24) is 0 Å². The number of rotatable bonds is 5. The molecule has 0 radical (unpaired) electrons. The highest BCUT2D eigenvalue weighted by molar-refractivity contribution is 7.98. The smallest absolute Gasteiger partial charge is 0.123 e. The molecule has 0 spiro atoms. The molecule has 3 nitrogen and oxygen atoms in total. The van der Waals surface area contributed by atoms with E-state index >= 15 is 0 Å². The Labute approximate surface area is 94.9 Å². The van der Waals surface area contributed by atoms with Gasteiger partial charge in [0.05, 0.1) is 14.2 Å². The van der Waals surface area contributed by atoms with Gasteiger partial charge in [-0.15, -0.1) is 0 Å². The van der Waals surface area contributed by atoms with E-state index in [1.807, 2.05) is 24.5 Å². The Bertz CT molecular complexity index is 317. The second kappa shape index (κ2) is 5.88. The van der Waals surface area contributed by atoms with E-state index in [2.05, 4.69) is 0 Å². The molecule has 0 fully saturated rings. The van der Waals surface area contributed by atoms with Crippen LogP contribution in [0.2, 0.25) is 0 Å². The predicted molar refractivity (Wildman–Crippen MR) is 64.9 cm³/mol. The molecular formula is C11H17NO2S. The summed E-state index contributed by atoms with van der Waals surface area (Å²) < 4.78 is 10.4. The Morgan fingerprint density at radius 2 is 2.07 bits per heavy atom. The second-order valence-electron chi connectivity index (χ2n) is 3.17. The minimum Gasteiger partial charge on any atom is -0.497 e. The molecule has 1 rings (SSSR count). The summed E-state index contributed by atoms with van der Waals surface area (Å²) in [7, 11) is 3.29. The average Bonchev–Trinajstić information content (AvgIpc) is 2.28. The van der Waals surface area contributed by atoms with E-state index in [0.717, 1.165) is 22.8 Å². The van der Waals surface area contributed by atoms with E-state index in [1.54, 1.807) is 26.0 Å². The highest BCUT2D eigenvalue weighted by Gasteiger charge is 2.12. The van der Waals surface area contributed by atoms with Crippen molar-refractivity contribution in [2.45, 2.75) is 6.04 Å². The number of ether oxygens (including phenoxy) is 2. The van der Waals surface area contributed by atoms with E-state index in [1.165, 1.54) is 0 Å². The predicted octanol–water partition coefficient (Wildman–Crippen LogP) is 2.07. The molecule has 1 aromatic carbocycles. The third kappa shape index (κ3) is 3.04. The highest BCUT2D eigenvalue weighted by Crippen LogP contribution is 2.29. The van der Waals surface area contributed by atoms with Gasteiger partial charge >= 0.3 is 0 Å². The molecule has 0 amide bonds. The van der Waals surface area contributed by atoms with E-state index in [-0.39, 0.29) is 6.04 Å². The number of thioether (sulfide) groups is 1. The second-order valence-corrected chi connectivity index (χ2v) is 4.08. The van der Waals surface area contributed by atoms with Crippen molar-refractivity contribution in [3.8, 4) is 11.5 Å². The van der Waals surface area contributed by atoms with Gasteiger partial charge < -0.3 is 15.2 Å². The minimum absolute atomic E-state index is 0.0231. The lowest BCUT2D eigenvalue weighted by Gasteiger charge is -2.15. The Hall–Kier alpha value is -0.870. The minimum atomic E-state index is -0.0231. The van der Waals surface area contributed by atoms with E-state index in [4.69, 9.17) is 15.2 Å². The fourth-order valence-corrected chi connectivity index (χ4v) is 1.94. The number of methoxy groups -OCH3 is 2. The summed E-state index contributed by atoms with van der Waals surface area (Å²) in [5, 5.41) is 0. The van der Waals surface area contributed by atoms with Crippen molar-refractivity contribution in [2.24, 2.45) is 5.73 Å². The highest BCUT2D eigenvalue weighted by atomic mass is 32.2. The van der Waals surface area contributed by atoms with Gasteiger partial charge in [0.1, 0.15) is 11.5 Å². The standard InChI is InChI=1S/C11H17NO2S/c1-13-8-4-5-11(14-2)9(6-8)10(12)7-15-3/h4-6,10H,7,12H2,1-3H3. The molecule has 0 saturated carbocycles. The van der Waals surface area contributed by atoms with Gasteiger partial charge in [0, 0.05) is 17.4 Å². The van der Waals surface area contributed by atoms with Crippen LogP contribution in [-0.2, 0) is 0 Å². The van der Waals surface area contributed by atoms with E-state index in [0.29, 0.717) is 0 Å². The SMILES string of the molecule is COc1ccc(OC)c(C(N)CSC)c1. The van der Waals surface area contributed by atoms with Crippen LogP contribution in [0.25, 0.3) is 0 Å². The average molecular weight is 227 g/mol. The third-order valence-corrected chi connectivity index (χ3v) is 2.88. The first-order chi connectivity index (χ1) is 7.22. The zero-order valence-electron chi connectivity index (χ0n) is 9.32. The van der Waals surface area contributed by atoms with Crippen molar-refractivity contribution in [3.05, 3.63) is 23.8 Å². The van der Waals surface area contributed by atoms with Crippen molar-refractivity contribution in [3.63, 3.8) is 0 Å². The van der Waals surface area contributed by atoms with E-state index < -0.39 is 0 Å². The van der Waals surface area contributed by atoms with Crippen molar-refractivity contribution in [1.29, 1.82) is 0 Å². The van der Waals surface area contributed by atoms with Crippen LogP contribution in [-0.4, -0.2) is 26.2 Å². The lowest BCUT2D eigenvalue weighted by Crippen LogP contribution is -2.14.